The van der Waals surface area contributed by atoms with E-state index in [4.69, 9.17) is 45.3 Å². The highest BCUT2D eigenvalue weighted by molar-refractivity contribution is 9.10. The lowest BCUT2D eigenvalue weighted by molar-refractivity contribution is 0.340. The van der Waals surface area contributed by atoms with Crippen molar-refractivity contribution in [2.45, 2.75) is 13.0 Å². The zero-order valence-electron chi connectivity index (χ0n) is 11.2. The predicted molar refractivity (Wildman–Crippen MR) is 92.8 cm³/mol. The van der Waals surface area contributed by atoms with Crippen molar-refractivity contribution in [3.8, 4) is 5.75 Å². The number of benzene rings is 2. The molecule has 0 bridgehead atoms. The van der Waals surface area contributed by atoms with Crippen molar-refractivity contribution in [1.29, 1.82) is 0 Å². The second-order valence-corrected chi connectivity index (χ2v) is 6.46. The smallest absolute Gasteiger partial charge is 0.139 e. The first-order valence-electron chi connectivity index (χ1n) is 6.26. The van der Waals surface area contributed by atoms with Gasteiger partial charge < -0.3 is 10.5 Å². The summed E-state index contributed by atoms with van der Waals surface area (Å²) in [5, 5.41) is 1.58. The summed E-state index contributed by atoms with van der Waals surface area (Å²) in [4.78, 5) is 0. The fourth-order valence-electron chi connectivity index (χ4n) is 1.93. The van der Waals surface area contributed by atoms with Crippen LogP contribution in [0.2, 0.25) is 15.1 Å². The van der Waals surface area contributed by atoms with Gasteiger partial charge in [-0.25, -0.2) is 0 Å². The Bertz CT molecular complexity index is 664. The molecule has 0 saturated carbocycles. The Labute approximate surface area is 147 Å². The van der Waals surface area contributed by atoms with Gasteiger partial charge in [-0.05, 0) is 52.2 Å². The number of halogens is 4. The zero-order chi connectivity index (χ0) is 15.6. The van der Waals surface area contributed by atoms with Crippen LogP contribution >= 0.6 is 50.7 Å². The van der Waals surface area contributed by atoms with Gasteiger partial charge in [0, 0.05) is 15.6 Å². The van der Waals surface area contributed by atoms with E-state index in [0.717, 1.165) is 15.6 Å². The van der Waals surface area contributed by atoms with Crippen LogP contribution in [0.25, 0.3) is 0 Å². The van der Waals surface area contributed by atoms with E-state index >= 15 is 0 Å². The Hall–Kier alpha value is -0.450. The van der Waals surface area contributed by atoms with Crippen LogP contribution in [-0.4, -0.2) is 6.61 Å². The predicted octanol–water partition coefficient (Wildman–Crippen LogP) is 5.86. The summed E-state index contributed by atoms with van der Waals surface area (Å²) < 4.78 is 6.22. The highest BCUT2D eigenvalue weighted by atomic mass is 79.9. The fourth-order valence-corrected chi connectivity index (χ4v) is 2.87. The van der Waals surface area contributed by atoms with E-state index in [2.05, 4.69) is 15.9 Å². The van der Waals surface area contributed by atoms with Crippen molar-refractivity contribution in [2.24, 2.45) is 5.73 Å². The van der Waals surface area contributed by atoms with Gasteiger partial charge in [-0.3, -0.25) is 0 Å². The SMILES string of the molecule is CCOc1cc(Cl)c(C(N)c2ccc(Br)c(Cl)c2)cc1Cl. The summed E-state index contributed by atoms with van der Waals surface area (Å²) in [6.07, 6.45) is 0. The topological polar surface area (TPSA) is 35.2 Å². The van der Waals surface area contributed by atoms with Crippen LogP contribution in [0, 0.1) is 0 Å². The maximum Gasteiger partial charge on any atom is 0.139 e. The monoisotopic (exact) mass is 407 g/mol. The first kappa shape index (κ1) is 16.9. The normalized spacial score (nSPS) is 12.3. The molecule has 0 fully saturated rings. The van der Waals surface area contributed by atoms with Gasteiger partial charge in [-0.2, -0.15) is 0 Å². The van der Waals surface area contributed by atoms with E-state index in [9.17, 15) is 0 Å². The average Bonchev–Trinajstić information content (AvgIpc) is 2.45. The fraction of sp³-hybridized carbons (Fsp3) is 0.200. The summed E-state index contributed by atoms with van der Waals surface area (Å²) in [6, 6.07) is 8.54. The molecule has 1 unspecified atom stereocenters. The molecule has 2 N–H and O–H groups in total. The Morgan fingerprint density at radius 1 is 1.10 bits per heavy atom. The van der Waals surface area contributed by atoms with Crippen molar-refractivity contribution in [2.75, 3.05) is 6.61 Å². The van der Waals surface area contributed by atoms with Gasteiger partial charge in [-0.15, -0.1) is 0 Å². The van der Waals surface area contributed by atoms with Crippen molar-refractivity contribution in [1.82, 2.24) is 0 Å². The molecule has 0 aliphatic rings. The molecule has 0 saturated heterocycles. The molecule has 2 aromatic rings. The maximum atomic E-state index is 6.29. The lowest BCUT2D eigenvalue weighted by atomic mass is 9.99. The highest BCUT2D eigenvalue weighted by Gasteiger charge is 2.16. The van der Waals surface area contributed by atoms with Gasteiger partial charge >= 0.3 is 0 Å². The van der Waals surface area contributed by atoms with Crippen LogP contribution in [0.5, 0.6) is 5.75 Å². The minimum absolute atomic E-state index is 0.420. The molecular weight excluding hydrogens is 396 g/mol. The molecule has 0 spiro atoms. The molecular formula is C15H13BrCl3NO. The molecule has 0 amide bonds. The molecule has 1 atom stereocenters. The second-order valence-electron chi connectivity index (χ2n) is 4.39. The van der Waals surface area contributed by atoms with Gasteiger partial charge in [0.25, 0.3) is 0 Å². The van der Waals surface area contributed by atoms with Gasteiger partial charge in [0.05, 0.1) is 22.7 Å². The van der Waals surface area contributed by atoms with E-state index in [1.165, 1.54) is 0 Å². The third kappa shape index (κ3) is 3.85. The van der Waals surface area contributed by atoms with E-state index in [1.54, 1.807) is 18.2 Å². The Morgan fingerprint density at radius 3 is 2.43 bits per heavy atom. The van der Waals surface area contributed by atoms with Crippen LogP contribution in [0.4, 0.5) is 0 Å². The first-order chi connectivity index (χ1) is 9.93. The minimum atomic E-state index is -0.420. The first-order valence-corrected chi connectivity index (χ1v) is 8.19. The number of hydrogen-bond donors (Lipinski definition) is 1. The molecule has 2 aromatic carbocycles. The average molecular weight is 410 g/mol. The molecule has 21 heavy (non-hydrogen) atoms. The van der Waals surface area contributed by atoms with Crippen LogP contribution in [-0.2, 0) is 0 Å². The highest BCUT2D eigenvalue weighted by Crippen LogP contribution is 2.36. The maximum absolute atomic E-state index is 6.29. The van der Waals surface area contributed by atoms with Crippen LogP contribution < -0.4 is 10.5 Å². The number of nitrogens with two attached hydrogens (primary N) is 1. The lowest BCUT2D eigenvalue weighted by Gasteiger charge is -2.17. The Kier molecular flexibility index (Phi) is 5.81. The molecule has 0 aliphatic heterocycles. The lowest BCUT2D eigenvalue weighted by Crippen LogP contribution is -2.12. The van der Waals surface area contributed by atoms with Gasteiger partial charge in [0.1, 0.15) is 5.75 Å². The number of hydrogen-bond acceptors (Lipinski definition) is 2. The Morgan fingerprint density at radius 2 is 1.81 bits per heavy atom. The van der Waals surface area contributed by atoms with E-state index in [1.807, 2.05) is 19.1 Å². The zero-order valence-corrected chi connectivity index (χ0v) is 15.0. The summed E-state index contributed by atoms with van der Waals surface area (Å²) >= 11 is 21.9. The molecule has 112 valence electrons. The molecule has 0 aliphatic carbocycles. The molecule has 0 radical (unpaired) electrons. The van der Waals surface area contributed by atoms with Gasteiger partial charge in [0.2, 0.25) is 0 Å². The summed E-state index contributed by atoms with van der Waals surface area (Å²) in [5.41, 5.74) is 7.85. The molecule has 6 heteroatoms. The largest absolute Gasteiger partial charge is 0.492 e. The van der Waals surface area contributed by atoms with Crippen molar-refractivity contribution < 1.29 is 4.74 Å². The summed E-state index contributed by atoms with van der Waals surface area (Å²) in [5.74, 6) is 0.550. The van der Waals surface area contributed by atoms with E-state index in [-0.39, 0.29) is 0 Å². The second kappa shape index (κ2) is 7.21. The van der Waals surface area contributed by atoms with Crippen molar-refractivity contribution in [3.05, 3.63) is 61.0 Å². The van der Waals surface area contributed by atoms with Crippen molar-refractivity contribution in [3.63, 3.8) is 0 Å². The number of rotatable bonds is 4. The molecule has 0 heterocycles. The third-order valence-corrected chi connectivity index (χ3v) is 4.84. The van der Waals surface area contributed by atoms with E-state index < -0.39 is 6.04 Å². The van der Waals surface area contributed by atoms with Crippen LogP contribution in [0.1, 0.15) is 24.1 Å². The molecule has 0 aromatic heterocycles. The quantitative estimate of drug-likeness (QED) is 0.687. The molecule has 2 nitrogen and oxygen atoms in total. The summed E-state index contributed by atoms with van der Waals surface area (Å²) in [6.45, 7) is 2.40. The summed E-state index contributed by atoms with van der Waals surface area (Å²) in [7, 11) is 0. The number of ether oxygens (including phenoxy) is 1. The van der Waals surface area contributed by atoms with Gasteiger partial charge in [-0.1, -0.05) is 40.9 Å². The Balaban J connectivity index is 2.40. The minimum Gasteiger partial charge on any atom is -0.492 e. The molecule has 2 rings (SSSR count). The van der Waals surface area contributed by atoms with Crippen LogP contribution in [0.15, 0.2) is 34.8 Å². The van der Waals surface area contributed by atoms with E-state index in [0.29, 0.717) is 27.4 Å². The van der Waals surface area contributed by atoms with Gasteiger partial charge in [0.15, 0.2) is 0 Å². The standard InChI is InChI=1S/C15H13BrCl3NO/c1-2-21-14-7-11(17)9(6-13(14)19)15(20)8-3-4-10(16)12(18)5-8/h3-7,15H,2,20H2,1H3. The van der Waals surface area contributed by atoms with Crippen molar-refractivity contribution >= 4 is 50.7 Å². The third-order valence-electron chi connectivity index (χ3n) is 2.99. The van der Waals surface area contributed by atoms with Crippen LogP contribution in [0.3, 0.4) is 0 Å².